The van der Waals surface area contributed by atoms with Crippen molar-refractivity contribution < 1.29 is 4.79 Å². The van der Waals surface area contributed by atoms with Crippen molar-refractivity contribution in [3.05, 3.63) is 93.5 Å². The van der Waals surface area contributed by atoms with Crippen LogP contribution in [0.25, 0.3) is 10.2 Å². The van der Waals surface area contributed by atoms with Gasteiger partial charge in [-0.3, -0.25) is 4.79 Å². The molecule has 2 aromatic carbocycles. The number of aryl methyl sites for hydroxylation is 1. The lowest BCUT2D eigenvalue weighted by Crippen LogP contribution is -2.25. The first kappa shape index (κ1) is 17.8. The van der Waals surface area contributed by atoms with E-state index in [2.05, 4.69) is 35.0 Å². The third-order valence-corrected chi connectivity index (χ3v) is 5.61. The molecule has 2 heterocycles. The molecule has 2 aromatic heterocycles. The number of aromatic nitrogens is 1. The topological polar surface area (TPSA) is 34.0 Å². The predicted molar refractivity (Wildman–Crippen MR) is 113 cm³/mol. The molecule has 0 spiro atoms. The molecule has 3 nitrogen and oxygen atoms in total. The second-order valence-electron chi connectivity index (χ2n) is 6.59. The van der Waals surface area contributed by atoms with Crippen LogP contribution >= 0.6 is 22.9 Å². The van der Waals surface area contributed by atoms with Crippen LogP contribution in [-0.2, 0) is 13.1 Å². The van der Waals surface area contributed by atoms with E-state index in [-0.39, 0.29) is 5.91 Å². The molecule has 5 heteroatoms. The number of benzene rings is 2. The van der Waals surface area contributed by atoms with E-state index in [1.54, 1.807) is 11.3 Å². The van der Waals surface area contributed by atoms with E-state index in [9.17, 15) is 4.79 Å². The molecule has 4 aromatic rings. The van der Waals surface area contributed by atoms with Crippen molar-refractivity contribution in [2.75, 3.05) is 0 Å². The summed E-state index contributed by atoms with van der Waals surface area (Å²) >= 11 is 7.77. The lowest BCUT2D eigenvalue weighted by molar-refractivity contribution is 0.0942. The maximum Gasteiger partial charge on any atom is 0.268 e. The third kappa shape index (κ3) is 3.92. The number of thiophene rings is 1. The van der Waals surface area contributed by atoms with E-state index in [1.807, 2.05) is 47.8 Å². The Morgan fingerprint density at radius 2 is 1.89 bits per heavy atom. The van der Waals surface area contributed by atoms with Crippen LogP contribution in [-0.4, -0.2) is 10.5 Å². The molecule has 0 unspecified atom stereocenters. The molecular weight excluding hydrogens is 376 g/mol. The number of halogens is 1. The number of hydrogen-bond donors (Lipinski definition) is 1. The zero-order valence-corrected chi connectivity index (χ0v) is 16.5. The van der Waals surface area contributed by atoms with Gasteiger partial charge in [-0.1, -0.05) is 53.6 Å². The maximum atomic E-state index is 12.9. The Labute approximate surface area is 167 Å². The van der Waals surface area contributed by atoms with Crippen molar-refractivity contribution in [3.8, 4) is 0 Å². The van der Waals surface area contributed by atoms with Gasteiger partial charge >= 0.3 is 0 Å². The van der Waals surface area contributed by atoms with Gasteiger partial charge in [-0.25, -0.2) is 0 Å². The molecule has 136 valence electrons. The minimum absolute atomic E-state index is 0.0677. The Balaban J connectivity index is 1.61. The minimum Gasteiger partial charge on any atom is -0.347 e. The van der Waals surface area contributed by atoms with Gasteiger partial charge in [0.05, 0.1) is 10.2 Å². The second-order valence-corrected chi connectivity index (χ2v) is 7.97. The highest BCUT2D eigenvalue weighted by Crippen LogP contribution is 2.27. The molecule has 0 aliphatic rings. The Kier molecular flexibility index (Phi) is 5.01. The Bertz CT molecular complexity index is 1110. The van der Waals surface area contributed by atoms with Crippen molar-refractivity contribution in [1.29, 1.82) is 0 Å². The zero-order chi connectivity index (χ0) is 18.8. The molecule has 0 bridgehead atoms. The molecule has 0 aliphatic carbocycles. The van der Waals surface area contributed by atoms with Gasteiger partial charge in [0.1, 0.15) is 5.69 Å². The summed E-state index contributed by atoms with van der Waals surface area (Å²) in [5, 5.41) is 5.80. The predicted octanol–water partition coefficient (Wildman–Crippen LogP) is 5.64. The number of rotatable bonds is 5. The molecule has 1 amide bonds. The lowest BCUT2D eigenvalue weighted by atomic mass is 10.1. The summed E-state index contributed by atoms with van der Waals surface area (Å²) in [5.74, 6) is -0.0677. The highest BCUT2D eigenvalue weighted by atomic mass is 35.5. The van der Waals surface area contributed by atoms with Crippen molar-refractivity contribution in [2.45, 2.75) is 20.0 Å². The van der Waals surface area contributed by atoms with Gasteiger partial charge in [-0.2, -0.15) is 0 Å². The van der Waals surface area contributed by atoms with E-state index in [0.29, 0.717) is 23.8 Å². The maximum absolute atomic E-state index is 12.9. The lowest BCUT2D eigenvalue weighted by Gasteiger charge is -2.11. The number of nitrogens with zero attached hydrogens (tertiary/aromatic N) is 1. The molecule has 27 heavy (non-hydrogen) atoms. The number of hydrogen-bond acceptors (Lipinski definition) is 2. The smallest absolute Gasteiger partial charge is 0.268 e. The van der Waals surface area contributed by atoms with E-state index in [0.717, 1.165) is 21.3 Å². The molecule has 0 fully saturated rings. The largest absolute Gasteiger partial charge is 0.347 e. The van der Waals surface area contributed by atoms with Crippen LogP contribution < -0.4 is 5.32 Å². The number of amides is 1. The number of carbonyl (C=O) groups is 1. The average molecular weight is 395 g/mol. The van der Waals surface area contributed by atoms with Crippen LogP contribution in [0.4, 0.5) is 0 Å². The van der Waals surface area contributed by atoms with Crippen molar-refractivity contribution >= 4 is 39.1 Å². The van der Waals surface area contributed by atoms with Gasteiger partial charge < -0.3 is 9.88 Å². The quantitative estimate of drug-likeness (QED) is 0.466. The standard InChI is InChI=1S/C22H19ClN2OS/c1-15-4-2-5-16(10-15)13-24-22(26)20-12-21-19(8-9-27-21)25(20)14-17-6-3-7-18(23)11-17/h2-12H,13-14H2,1H3,(H,24,26). The summed E-state index contributed by atoms with van der Waals surface area (Å²) in [5.41, 5.74) is 5.09. The zero-order valence-electron chi connectivity index (χ0n) is 14.9. The van der Waals surface area contributed by atoms with E-state index >= 15 is 0 Å². The van der Waals surface area contributed by atoms with Crippen LogP contribution in [0.15, 0.2) is 66.0 Å². The van der Waals surface area contributed by atoms with Gasteiger partial charge in [0.25, 0.3) is 5.91 Å². The fourth-order valence-corrected chi connectivity index (χ4v) is 4.28. The molecule has 0 saturated heterocycles. The molecule has 0 aliphatic heterocycles. The van der Waals surface area contributed by atoms with Crippen LogP contribution in [0.5, 0.6) is 0 Å². The van der Waals surface area contributed by atoms with E-state index in [4.69, 9.17) is 11.6 Å². The van der Waals surface area contributed by atoms with E-state index < -0.39 is 0 Å². The first-order valence-electron chi connectivity index (χ1n) is 8.75. The normalized spacial score (nSPS) is 11.0. The summed E-state index contributed by atoms with van der Waals surface area (Å²) < 4.78 is 3.17. The summed E-state index contributed by atoms with van der Waals surface area (Å²) in [6, 6.07) is 20.0. The van der Waals surface area contributed by atoms with Gasteiger partial charge in [-0.05, 0) is 47.7 Å². The number of fused-ring (bicyclic) bond motifs is 1. The summed E-state index contributed by atoms with van der Waals surface area (Å²) in [6.45, 7) is 3.17. The fraction of sp³-hybridized carbons (Fsp3) is 0.136. The Morgan fingerprint density at radius 1 is 1.07 bits per heavy atom. The highest BCUT2D eigenvalue weighted by molar-refractivity contribution is 7.17. The Hall–Kier alpha value is -2.56. The van der Waals surface area contributed by atoms with Crippen LogP contribution in [0.3, 0.4) is 0 Å². The summed E-state index contributed by atoms with van der Waals surface area (Å²) in [6.07, 6.45) is 0. The van der Waals surface area contributed by atoms with Crippen molar-refractivity contribution in [2.24, 2.45) is 0 Å². The van der Waals surface area contributed by atoms with Gasteiger partial charge in [0, 0.05) is 18.1 Å². The molecule has 1 N–H and O–H groups in total. The average Bonchev–Trinajstić information content (AvgIpc) is 3.23. The van der Waals surface area contributed by atoms with Crippen LogP contribution in [0.2, 0.25) is 5.02 Å². The third-order valence-electron chi connectivity index (χ3n) is 4.52. The summed E-state index contributed by atoms with van der Waals surface area (Å²) in [7, 11) is 0. The first-order chi connectivity index (χ1) is 13.1. The van der Waals surface area contributed by atoms with Crippen molar-refractivity contribution in [1.82, 2.24) is 9.88 Å². The molecule has 0 atom stereocenters. The van der Waals surface area contributed by atoms with Crippen molar-refractivity contribution in [3.63, 3.8) is 0 Å². The monoisotopic (exact) mass is 394 g/mol. The van der Waals surface area contributed by atoms with Gasteiger partial charge in [-0.15, -0.1) is 11.3 Å². The number of nitrogens with one attached hydrogen (secondary N) is 1. The first-order valence-corrected chi connectivity index (χ1v) is 10.0. The number of carbonyl (C=O) groups excluding carboxylic acids is 1. The SMILES string of the molecule is Cc1cccc(CNC(=O)c2cc3sccc3n2Cc2cccc(Cl)c2)c1. The second kappa shape index (κ2) is 7.59. The molecule has 4 rings (SSSR count). The van der Waals surface area contributed by atoms with E-state index in [1.165, 1.54) is 5.56 Å². The Morgan fingerprint density at radius 3 is 2.70 bits per heavy atom. The van der Waals surface area contributed by atoms with Gasteiger partial charge in [0.15, 0.2) is 0 Å². The van der Waals surface area contributed by atoms with Crippen LogP contribution in [0, 0.1) is 6.92 Å². The summed E-state index contributed by atoms with van der Waals surface area (Å²) in [4.78, 5) is 12.9. The molecular formula is C22H19ClN2OS. The highest BCUT2D eigenvalue weighted by Gasteiger charge is 2.16. The molecule has 0 saturated carbocycles. The minimum atomic E-state index is -0.0677. The fourth-order valence-electron chi connectivity index (χ4n) is 3.25. The van der Waals surface area contributed by atoms with Crippen LogP contribution in [0.1, 0.15) is 27.2 Å². The van der Waals surface area contributed by atoms with Gasteiger partial charge in [0.2, 0.25) is 0 Å². The molecule has 0 radical (unpaired) electrons.